The van der Waals surface area contributed by atoms with Crippen molar-refractivity contribution in [2.45, 2.75) is 42.0 Å². The zero-order valence-electron chi connectivity index (χ0n) is 13.6. The fraction of sp³-hybridized carbons (Fsp3) is 0.375. The summed E-state index contributed by atoms with van der Waals surface area (Å²) in [5.41, 5.74) is -2.35. The van der Waals surface area contributed by atoms with Crippen LogP contribution in [0.3, 0.4) is 0 Å². The molecule has 3 atom stereocenters. The van der Waals surface area contributed by atoms with Gasteiger partial charge in [-0.05, 0) is 45.0 Å². The van der Waals surface area contributed by atoms with Crippen molar-refractivity contribution in [1.29, 1.82) is 0 Å². The van der Waals surface area contributed by atoms with Crippen molar-refractivity contribution in [3.05, 3.63) is 54.5 Å². The molecular weight excluding hydrogens is 353 g/mol. The highest BCUT2D eigenvalue weighted by Crippen LogP contribution is 2.30. The minimum absolute atomic E-state index is 0.0691. The molecule has 2 rings (SSSR count). The standard InChI is InChI=1S/C16H20FNO4S2/c1-16(2,3)23(19)18-14(13-10-7-11-22-13)15(17)24(20,21)12-8-5-4-6-9-12/h4-11,14-15,18H,1-3H3/t14-,15-,23+/m0/s1. The number of halogens is 1. The first-order valence-corrected chi connectivity index (χ1v) is 9.98. The summed E-state index contributed by atoms with van der Waals surface area (Å²) in [6.45, 7) is 5.11. The van der Waals surface area contributed by atoms with Crippen molar-refractivity contribution in [3.63, 3.8) is 0 Å². The first-order valence-electron chi connectivity index (χ1n) is 7.28. The summed E-state index contributed by atoms with van der Waals surface area (Å²) in [4.78, 5) is -0.141. The molecular formula is C16H20FNO4S2. The van der Waals surface area contributed by atoms with Crippen LogP contribution in [0.2, 0.25) is 0 Å². The highest BCUT2D eigenvalue weighted by Gasteiger charge is 2.39. The molecule has 0 radical (unpaired) electrons. The SMILES string of the molecule is CC(C)(C)[S@@](=O)N[C@@H](c1ccco1)[C@@H](F)S(=O)(=O)c1ccccc1. The van der Waals surface area contributed by atoms with Crippen LogP contribution in [0.15, 0.2) is 58.0 Å². The molecule has 0 aliphatic carbocycles. The molecule has 0 saturated heterocycles. The zero-order chi connectivity index (χ0) is 18.0. The van der Waals surface area contributed by atoms with Crippen molar-refractivity contribution in [2.24, 2.45) is 0 Å². The van der Waals surface area contributed by atoms with E-state index in [4.69, 9.17) is 4.42 Å². The van der Waals surface area contributed by atoms with Crippen molar-refractivity contribution in [1.82, 2.24) is 4.72 Å². The maximum absolute atomic E-state index is 15.0. The largest absolute Gasteiger partial charge is 0.468 e. The Labute approximate surface area is 143 Å². The van der Waals surface area contributed by atoms with Crippen molar-refractivity contribution >= 4 is 20.8 Å². The summed E-state index contributed by atoms with van der Waals surface area (Å²) in [5, 5.41) is 0. The van der Waals surface area contributed by atoms with E-state index >= 15 is 0 Å². The molecule has 0 amide bonds. The van der Waals surface area contributed by atoms with Crippen molar-refractivity contribution in [2.75, 3.05) is 0 Å². The van der Waals surface area contributed by atoms with Crippen molar-refractivity contribution < 1.29 is 21.4 Å². The van der Waals surface area contributed by atoms with Crippen LogP contribution in [0.1, 0.15) is 32.6 Å². The monoisotopic (exact) mass is 373 g/mol. The third-order valence-electron chi connectivity index (χ3n) is 3.27. The van der Waals surface area contributed by atoms with Crippen LogP contribution in [0.4, 0.5) is 4.39 Å². The van der Waals surface area contributed by atoms with E-state index in [1.54, 1.807) is 26.8 Å². The number of nitrogens with one attached hydrogen (secondary N) is 1. The first-order chi connectivity index (χ1) is 11.1. The summed E-state index contributed by atoms with van der Waals surface area (Å²) in [6, 6.07) is 8.90. The molecule has 24 heavy (non-hydrogen) atoms. The van der Waals surface area contributed by atoms with Crippen LogP contribution in [-0.2, 0) is 20.8 Å². The molecule has 0 aliphatic rings. The number of rotatable bonds is 6. The predicted molar refractivity (Wildman–Crippen MR) is 91.0 cm³/mol. The lowest BCUT2D eigenvalue weighted by molar-refractivity contribution is 0.318. The number of sulfone groups is 1. The molecule has 2 aromatic rings. The topological polar surface area (TPSA) is 76.4 Å². The normalized spacial score (nSPS) is 16.5. The Hall–Kier alpha value is -1.51. The van der Waals surface area contributed by atoms with E-state index in [9.17, 15) is 17.0 Å². The minimum Gasteiger partial charge on any atom is -0.468 e. The molecule has 0 unspecified atom stereocenters. The van der Waals surface area contributed by atoms with E-state index in [-0.39, 0.29) is 10.7 Å². The first kappa shape index (κ1) is 18.8. The molecule has 8 heteroatoms. The molecule has 0 spiro atoms. The van der Waals surface area contributed by atoms with E-state index in [0.29, 0.717) is 0 Å². The lowest BCUT2D eigenvalue weighted by Gasteiger charge is -2.25. The molecule has 5 nitrogen and oxygen atoms in total. The smallest absolute Gasteiger partial charge is 0.228 e. The van der Waals surface area contributed by atoms with Crippen LogP contribution in [0.25, 0.3) is 0 Å². The molecule has 0 saturated carbocycles. The number of benzene rings is 1. The molecule has 132 valence electrons. The van der Waals surface area contributed by atoms with Crippen LogP contribution in [-0.4, -0.2) is 22.9 Å². The lowest BCUT2D eigenvalue weighted by Crippen LogP contribution is -2.41. The molecule has 1 aromatic heterocycles. The maximum atomic E-state index is 15.0. The van der Waals surface area contributed by atoms with Gasteiger partial charge in [-0.25, -0.2) is 21.7 Å². The second kappa shape index (κ2) is 7.16. The van der Waals surface area contributed by atoms with E-state index in [0.717, 1.165) is 0 Å². The van der Waals surface area contributed by atoms with Gasteiger partial charge in [0.15, 0.2) is 0 Å². The Balaban J connectivity index is 2.39. The Morgan fingerprint density at radius 3 is 2.25 bits per heavy atom. The van der Waals surface area contributed by atoms with Gasteiger partial charge in [0.2, 0.25) is 15.3 Å². The number of alkyl halides is 1. The van der Waals surface area contributed by atoms with Gasteiger partial charge in [0.25, 0.3) is 0 Å². The maximum Gasteiger partial charge on any atom is 0.228 e. The van der Waals surface area contributed by atoms with Crippen LogP contribution >= 0.6 is 0 Å². The molecule has 0 aliphatic heterocycles. The number of hydrogen-bond acceptors (Lipinski definition) is 4. The van der Waals surface area contributed by atoms with E-state index in [1.807, 2.05) is 0 Å². The lowest BCUT2D eigenvalue weighted by atomic mass is 10.2. The van der Waals surface area contributed by atoms with Crippen molar-refractivity contribution in [3.8, 4) is 0 Å². The Kier molecular flexibility index (Phi) is 5.62. The minimum atomic E-state index is -4.28. The van der Waals surface area contributed by atoms with Gasteiger partial charge in [0, 0.05) is 0 Å². The Morgan fingerprint density at radius 1 is 1.12 bits per heavy atom. The highest BCUT2D eigenvalue weighted by molar-refractivity contribution is 7.92. The van der Waals surface area contributed by atoms with Gasteiger partial charge in [-0.15, -0.1) is 0 Å². The summed E-state index contributed by atoms with van der Waals surface area (Å²) in [7, 11) is -5.96. The van der Waals surface area contributed by atoms with Crippen LogP contribution in [0, 0.1) is 0 Å². The fourth-order valence-corrected chi connectivity index (χ4v) is 4.18. The molecule has 1 N–H and O–H groups in total. The summed E-state index contributed by atoms with van der Waals surface area (Å²) < 4.78 is 59.4. The second-order valence-electron chi connectivity index (χ2n) is 6.20. The predicted octanol–water partition coefficient (Wildman–Crippen LogP) is 3.14. The van der Waals surface area contributed by atoms with E-state index < -0.39 is 37.1 Å². The van der Waals surface area contributed by atoms with Crippen LogP contribution < -0.4 is 4.72 Å². The number of furan rings is 1. The molecule has 1 aromatic carbocycles. The summed E-state index contributed by atoms with van der Waals surface area (Å²) in [5.74, 6) is 0.0691. The van der Waals surface area contributed by atoms with Gasteiger partial charge in [0.1, 0.15) is 11.8 Å². The average Bonchev–Trinajstić information content (AvgIpc) is 3.05. The summed E-state index contributed by atoms with van der Waals surface area (Å²) >= 11 is 0. The van der Waals surface area contributed by atoms with Gasteiger partial charge in [0.05, 0.1) is 26.9 Å². The van der Waals surface area contributed by atoms with Gasteiger partial charge >= 0.3 is 0 Å². The molecule has 0 bridgehead atoms. The van der Waals surface area contributed by atoms with Gasteiger partial charge in [-0.2, -0.15) is 0 Å². The molecule has 0 fully saturated rings. The fourth-order valence-electron chi connectivity index (χ4n) is 1.92. The zero-order valence-corrected chi connectivity index (χ0v) is 15.2. The number of hydrogen-bond donors (Lipinski definition) is 1. The van der Waals surface area contributed by atoms with E-state index in [1.165, 1.54) is 42.7 Å². The van der Waals surface area contributed by atoms with Gasteiger partial charge < -0.3 is 4.42 Å². The van der Waals surface area contributed by atoms with Crippen LogP contribution in [0.5, 0.6) is 0 Å². The van der Waals surface area contributed by atoms with Gasteiger partial charge in [-0.1, -0.05) is 18.2 Å². The quantitative estimate of drug-likeness (QED) is 0.844. The third-order valence-corrected chi connectivity index (χ3v) is 6.64. The third kappa shape index (κ3) is 4.12. The Bertz CT molecular complexity index is 783. The summed E-state index contributed by atoms with van der Waals surface area (Å²) in [6.07, 6.45) is 1.31. The second-order valence-corrected chi connectivity index (χ2v) is 10.2. The molecule has 1 heterocycles. The average molecular weight is 373 g/mol. The highest BCUT2D eigenvalue weighted by atomic mass is 32.2. The van der Waals surface area contributed by atoms with Gasteiger partial charge in [-0.3, -0.25) is 0 Å². The van der Waals surface area contributed by atoms with E-state index in [2.05, 4.69) is 4.72 Å². The Morgan fingerprint density at radius 2 is 1.75 bits per heavy atom.